The molecule has 3 aliphatic heterocycles. The smallest absolute Gasteiger partial charge is 0.292 e. The Kier molecular flexibility index (Phi) is 7.13. The number of nitrogens with zero attached hydrogens (tertiary/aromatic N) is 4. The first-order chi connectivity index (χ1) is 18.6. The minimum atomic E-state index is -0.296. The highest BCUT2D eigenvalue weighted by Gasteiger charge is 2.29. The van der Waals surface area contributed by atoms with Gasteiger partial charge >= 0.3 is 0 Å². The second-order valence-electron chi connectivity index (χ2n) is 9.99. The van der Waals surface area contributed by atoms with Gasteiger partial charge in [0.05, 0.1) is 11.5 Å². The van der Waals surface area contributed by atoms with Crippen LogP contribution in [0.5, 0.6) is 11.5 Å². The van der Waals surface area contributed by atoms with Gasteiger partial charge in [0.1, 0.15) is 11.9 Å². The molecule has 1 atom stereocenters. The molecule has 198 valence electrons. The van der Waals surface area contributed by atoms with Crippen LogP contribution >= 0.6 is 0 Å². The van der Waals surface area contributed by atoms with Gasteiger partial charge in [-0.2, -0.15) is 0 Å². The maximum absolute atomic E-state index is 12.2. The largest absolute Gasteiger partial charge is 0.454 e. The van der Waals surface area contributed by atoms with Crippen molar-refractivity contribution in [3.63, 3.8) is 0 Å². The van der Waals surface area contributed by atoms with Gasteiger partial charge in [0.25, 0.3) is 5.69 Å². The number of nitro benzene ring substituents is 1. The predicted octanol–water partition coefficient (Wildman–Crippen LogP) is 4.57. The fraction of sp³-hybridized carbons (Fsp3) is 0.379. The molecular formula is C29H32N4O5. The van der Waals surface area contributed by atoms with Crippen molar-refractivity contribution >= 4 is 11.4 Å². The van der Waals surface area contributed by atoms with Crippen molar-refractivity contribution in [3.05, 3.63) is 93.5 Å². The fourth-order valence-electron chi connectivity index (χ4n) is 5.52. The highest BCUT2D eigenvalue weighted by molar-refractivity contribution is 5.65. The molecule has 1 unspecified atom stereocenters. The summed E-state index contributed by atoms with van der Waals surface area (Å²) in [5.41, 5.74) is 4.02. The molecule has 38 heavy (non-hydrogen) atoms. The molecule has 2 fully saturated rings. The van der Waals surface area contributed by atoms with Crippen LogP contribution in [0.4, 0.5) is 11.4 Å². The quantitative estimate of drug-likeness (QED) is 0.334. The number of fused-ring (bicyclic) bond motifs is 1. The van der Waals surface area contributed by atoms with Crippen LogP contribution in [-0.2, 0) is 17.8 Å². The van der Waals surface area contributed by atoms with E-state index in [1.807, 2.05) is 42.5 Å². The number of rotatable bonds is 7. The van der Waals surface area contributed by atoms with E-state index in [-0.39, 0.29) is 23.6 Å². The van der Waals surface area contributed by atoms with Crippen molar-refractivity contribution in [2.75, 3.05) is 51.0 Å². The predicted molar refractivity (Wildman–Crippen MR) is 143 cm³/mol. The third-order valence-corrected chi connectivity index (χ3v) is 7.46. The molecule has 0 spiro atoms. The molecule has 0 aromatic heterocycles. The summed E-state index contributed by atoms with van der Waals surface area (Å²) in [5.74, 6) is 1.58. The molecule has 0 amide bonds. The first-order valence-electron chi connectivity index (χ1n) is 13.2. The van der Waals surface area contributed by atoms with Crippen molar-refractivity contribution in [3.8, 4) is 11.5 Å². The van der Waals surface area contributed by atoms with Crippen LogP contribution in [0.15, 0.2) is 66.7 Å². The Morgan fingerprint density at radius 1 is 0.842 bits per heavy atom. The van der Waals surface area contributed by atoms with Gasteiger partial charge in [0.2, 0.25) is 6.79 Å². The van der Waals surface area contributed by atoms with E-state index in [2.05, 4.69) is 32.9 Å². The van der Waals surface area contributed by atoms with E-state index in [9.17, 15) is 10.1 Å². The van der Waals surface area contributed by atoms with Gasteiger partial charge in [0, 0.05) is 57.4 Å². The average molecular weight is 517 g/mol. The van der Waals surface area contributed by atoms with Gasteiger partial charge in [-0.3, -0.25) is 19.9 Å². The standard InChI is InChI=1S/C29H32N4O5/c34-33(35)26-18-24(29-32(11-4-16-36-29)20-22-5-2-1-3-6-22)8-9-25(26)31-14-12-30(13-15-31)19-23-7-10-27-28(17-23)38-21-37-27/h1-3,5-10,17-18,29H,4,11-16,19-21H2. The number of hydrogen-bond acceptors (Lipinski definition) is 8. The van der Waals surface area contributed by atoms with Crippen LogP contribution in [0.1, 0.15) is 29.3 Å². The molecule has 3 aromatic carbocycles. The van der Waals surface area contributed by atoms with Gasteiger partial charge in [-0.25, -0.2) is 0 Å². The Bertz CT molecular complexity index is 1280. The molecule has 0 N–H and O–H groups in total. The Labute approximate surface area is 222 Å². The lowest BCUT2D eigenvalue weighted by Crippen LogP contribution is -2.46. The molecule has 9 nitrogen and oxygen atoms in total. The first kappa shape index (κ1) is 24.7. The number of ether oxygens (including phenoxy) is 3. The number of piperazine rings is 1. The molecule has 3 heterocycles. The lowest BCUT2D eigenvalue weighted by Gasteiger charge is -2.37. The van der Waals surface area contributed by atoms with Gasteiger partial charge in [-0.1, -0.05) is 42.5 Å². The summed E-state index contributed by atoms with van der Waals surface area (Å²) in [6.07, 6.45) is 0.648. The summed E-state index contributed by atoms with van der Waals surface area (Å²) < 4.78 is 17.0. The summed E-state index contributed by atoms with van der Waals surface area (Å²) in [7, 11) is 0. The van der Waals surface area contributed by atoms with E-state index >= 15 is 0 Å². The van der Waals surface area contributed by atoms with E-state index in [4.69, 9.17) is 14.2 Å². The second-order valence-corrected chi connectivity index (χ2v) is 9.99. The van der Waals surface area contributed by atoms with Crippen LogP contribution in [0.2, 0.25) is 0 Å². The maximum atomic E-state index is 12.2. The maximum Gasteiger partial charge on any atom is 0.292 e. The van der Waals surface area contributed by atoms with Gasteiger partial charge in [0.15, 0.2) is 11.5 Å². The van der Waals surface area contributed by atoms with Crippen molar-refractivity contribution in [2.45, 2.75) is 25.7 Å². The summed E-state index contributed by atoms with van der Waals surface area (Å²) >= 11 is 0. The lowest BCUT2D eigenvalue weighted by molar-refractivity contribution is -0.384. The summed E-state index contributed by atoms with van der Waals surface area (Å²) in [4.78, 5) is 18.7. The zero-order valence-corrected chi connectivity index (χ0v) is 21.3. The Morgan fingerprint density at radius 3 is 2.47 bits per heavy atom. The molecular weight excluding hydrogens is 484 g/mol. The molecule has 9 heteroatoms. The SMILES string of the molecule is O=[N+]([O-])c1cc(C2OCCCN2Cc2ccccc2)ccc1N1CCN(Cc2ccc3c(c2)OCO3)CC1. The highest BCUT2D eigenvalue weighted by Crippen LogP contribution is 2.36. The van der Waals surface area contributed by atoms with E-state index in [1.165, 1.54) is 11.1 Å². The third-order valence-electron chi connectivity index (χ3n) is 7.46. The van der Waals surface area contributed by atoms with Crippen LogP contribution in [0, 0.1) is 10.1 Å². The zero-order chi connectivity index (χ0) is 25.9. The average Bonchev–Trinajstić information content (AvgIpc) is 3.42. The molecule has 0 bridgehead atoms. The van der Waals surface area contributed by atoms with Gasteiger partial charge < -0.3 is 19.1 Å². The topological polar surface area (TPSA) is 80.6 Å². The van der Waals surface area contributed by atoms with Crippen molar-refractivity contribution in [1.82, 2.24) is 9.80 Å². The summed E-state index contributed by atoms with van der Waals surface area (Å²) in [6.45, 7) is 6.46. The second kappa shape index (κ2) is 11.0. The van der Waals surface area contributed by atoms with E-state index in [0.29, 0.717) is 12.3 Å². The number of hydrogen-bond donors (Lipinski definition) is 0. The summed E-state index contributed by atoms with van der Waals surface area (Å²) in [5, 5.41) is 12.2. The number of nitro groups is 1. The monoisotopic (exact) mass is 516 g/mol. The molecule has 0 radical (unpaired) electrons. The van der Waals surface area contributed by atoms with Crippen LogP contribution in [-0.4, -0.2) is 60.8 Å². The van der Waals surface area contributed by atoms with Crippen LogP contribution < -0.4 is 14.4 Å². The normalized spacial score (nSPS) is 20.0. The lowest BCUT2D eigenvalue weighted by atomic mass is 10.1. The minimum absolute atomic E-state index is 0.139. The van der Waals surface area contributed by atoms with Crippen LogP contribution in [0.25, 0.3) is 0 Å². The van der Waals surface area contributed by atoms with E-state index < -0.39 is 0 Å². The van der Waals surface area contributed by atoms with Crippen LogP contribution in [0.3, 0.4) is 0 Å². The van der Waals surface area contributed by atoms with Crippen molar-refractivity contribution < 1.29 is 19.1 Å². The van der Waals surface area contributed by atoms with Gasteiger partial charge in [-0.15, -0.1) is 0 Å². The van der Waals surface area contributed by atoms with Crippen molar-refractivity contribution in [2.24, 2.45) is 0 Å². The number of anilines is 1. The molecule has 0 saturated carbocycles. The molecule has 2 saturated heterocycles. The highest BCUT2D eigenvalue weighted by atomic mass is 16.7. The Morgan fingerprint density at radius 2 is 1.66 bits per heavy atom. The third kappa shape index (κ3) is 5.31. The molecule has 0 aliphatic carbocycles. The van der Waals surface area contributed by atoms with Gasteiger partial charge in [-0.05, 0) is 35.7 Å². The minimum Gasteiger partial charge on any atom is -0.454 e. The van der Waals surface area contributed by atoms with E-state index in [1.54, 1.807) is 6.07 Å². The van der Waals surface area contributed by atoms with E-state index in [0.717, 1.165) is 69.3 Å². The molecule has 6 rings (SSSR count). The first-order valence-corrected chi connectivity index (χ1v) is 13.2. The Balaban J connectivity index is 1.14. The summed E-state index contributed by atoms with van der Waals surface area (Å²) in [6, 6.07) is 21.9. The molecule has 3 aliphatic rings. The number of benzene rings is 3. The van der Waals surface area contributed by atoms with Crippen molar-refractivity contribution in [1.29, 1.82) is 0 Å². The fourth-order valence-corrected chi connectivity index (χ4v) is 5.52. The molecule has 3 aromatic rings. The Hall–Kier alpha value is -3.66. The zero-order valence-electron chi connectivity index (χ0n) is 21.3.